The van der Waals surface area contributed by atoms with E-state index in [1.54, 1.807) is 0 Å². The van der Waals surface area contributed by atoms with E-state index in [0.29, 0.717) is 0 Å². The van der Waals surface area contributed by atoms with E-state index in [1.807, 2.05) is 20.8 Å². The van der Waals surface area contributed by atoms with Gasteiger partial charge in [-0.2, -0.15) is 0 Å². The van der Waals surface area contributed by atoms with E-state index < -0.39 is 17.9 Å². The maximum absolute atomic E-state index is 10.4. The summed E-state index contributed by atoms with van der Waals surface area (Å²) in [5.74, 6) is -2.26. The van der Waals surface area contributed by atoms with Crippen LogP contribution in [0.1, 0.15) is 119 Å². The molecule has 0 aliphatic carbocycles. The predicted molar refractivity (Wildman–Crippen MR) is 123 cm³/mol. The molecule has 0 aromatic heterocycles. The quantitative estimate of drug-likeness (QED) is 0.198. The van der Waals surface area contributed by atoms with Gasteiger partial charge in [-0.3, -0.25) is 14.4 Å². The van der Waals surface area contributed by atoms with Gasteiger partial charge in [0, 0.05) is 41.7 Å². The van der Waals surface area contributed by atoms with Crippen LogP contribution in [0.15, 0.2) is 0 Å². The summed E-state index contributed by atoms with van der Waals surface area (Å²) in [5.41, 5.74) is 0. The first kappa shape index (κ1) is 38.1. The van der Waals surface area contributed by atoms with Crippen LogP contribution in [0.3, 0.4) is 0 Å². The first-order chi connectivity index (χ1) is 14.2. The van der Waals surface area contributed by atoms with Crippen LogP contribution >= 0.6 is 0 Å². The average Bonchev–Trinajstić information content (AvgIpc) is 2.70. The molecule has 0 spiro atoms. The van der Waals surface area contributed by atoms with Gasteiger partial charge in [0.15, 0.2) is 0 Å². The molecular formula is C24H48CeO6. The molecule has 0 amide bonds. The van der Waals surface area contributed by atoms with Crippen molar-refractivity contribution in [2.24, 2.45) is 17.8 Å². The third kappa shape index (κ3) is 25.9. The minimum atomic E-state index is -0.643. The largest absolute Gasteiger partial charge is 0.481 e. The molecule has 3 atom stereocenters. The SMILES string of the molecule is CCCCC(CC)C(=O)O.CCCCC(CC)C(=O)O.CCCCC(CC)C(=O)O.[Ce]. The number of unbranched alkanes of at least 4 members (excludes halogenated alkanes) is 3. The van der Waals surface area contributed by atoms with Crippen molar-refractivity contribution in [2.45, 2.75) is 119 Å². The Morgan fingerprint density at radius 1 is 0.516 bits per heavy atom. The van der Waals surface area contributed by atoms with E-state index in [9.17, 15) is 14.4 Å². The predicted octanol–water partition coefficient (Wildman–Crippen LogP) is 6.86. The van der Waals surface area contributed by atoms with Crippen LogP contribution in [0.2, 0.25) is 0 Å². The van der Waals surface area contributed by atoms with Gasteiger partial charge < -0.3 is 15.3 Å². The van der Waals surface area contributed by atoms with Gasteiger partial charge in [-0.25, -0.2) is 0 Å². The van der Waals surface area contributed by atoms with E-state index in [-0.39, 0.29) is 59.5 Å². The molecule has 0 saturated carbocycles. The van der Waals surface area contributed by atoms with Gasteiger partial charge in [0.05, 0.1) is 17.8 Å². The molecule has 0 aliphatic heterocycles. The van der Waals surface area contributed by atoms with Crippen LogP contribution in [0, 0.1) is 59.5 Å². The van der Waals surface area contributed by atoms with Gasteiger partial charge in [-0.05, 0) is 38.5 Å². The zero-order valence-corrected chi connectivity index (χ0v) is 23.9. The summed E-state index contributed by atoms with van der Waals surface area (Å²) in [5, 5.41) is 25.8. The molecule has 31 heavy (non-hydrogen) atoms. The van der Waals surface area contributed by atoms with Crippen molar-refractivity contribution in [2.75, 3.05) is 0 Å². The summed E-state index contributed by atoms with van der Waals surface area (Å²) in [4.78, 5) is 31.3. The Balaban J connectivity index is -0.000000174. The van der Waals surface area contributed by atoms with Crippen molar-refractivity contribution in [1.29, 1.82) is 0 Å². The second-order valence-corrected chi connectivity index (χ2v) is 7.76. The fraction of sp³-hybridized carbons (Fsp3) is 0.875. The molecule has 0 fully saturated rings. The summed E-state index contributed by atoms with van der Waals surface area (Å²) in [6.07, 6.45) is 11.1. The first-order valence-corrected chi connectivity index (χ1v) is 11.8. The number of carboxylic acids is 3. The minimum Gasteiger partial charge on any atom is -0.481 e. The van der Waals surface area contributed by atoms with Gasteiger partial charge >= 0.3 is 17.9 Å². The molecule has 3 unspecified atom stereocenters. The molecular weight excluding hydrogens is 524 g/mol. The molecule has 0 saturated heterocycles. The van der Waals surface area contributed by atoms with Crippen LogP contribution in [0.25, 0.3) is 0 Å². The van der Waals surface area contributed by atoms with Gasteiger partial charge in [-0.15, -0.1) is 0 Å². The Morgan fingerprint density at radius 2 is 0.710 bits per heavy atom. The monoisotopic (exact) mass is 572 g/mol. The molecule has 6 nitrogen and oxygen atoms in total. The smallest absolute Gasteiger partial charge is 0.306 e. The summed E-state index contributed by atoms with van der Waals surface area (Å²) < 4.78 is 0. The van der Waals surface area contributed by atoms with Crippen molar-refractivity contribution in [3.63, 3.8) is 0 Å². The number of hydrogen-bond acceptors (Lipinski definition) is 3. The zero-order valence-electron chi connectivity index (χ0n) is 20.8. The molecule has 0 rings (SSSR count). The number of carboxylic acid groups (broad SMARTS) is 3. The normalized spacial score (nSPS) is 12.6. The van der Waals surface area contributed by atoms with Crippen LogP contribution in [-0.4, -0.2) is 33.2 Å². The van der Waals surface area contributed by atoms with Gasteiger partial charge in [-0.1, -0.05) is 80.1 Å². The molecule has 0 aromatic carbocycles. The number of aliphatic carboxylic acids is 3. The molecule has 184 valence electrons. The van der Waals surface area contributed by atoms with Crippen molar-refractivity contribution < 1.29 is 71.5 Å². The third-order valence-corrected chi connectivity index (χ3v) is 5.24. The van der Waals surface area contributed by atoms with Crippen LogP contribution in [0.5, 0.6) is 0 Å². The first-order valence-electron chi connectivity index (χ1n) is 11.8. The second kappa shape index (κ2) is 27.8. The zero-order chi connectivity index (χ0) is 23.9. The Bertz CT molecular complexity index is 366. The third-order valence-electron chi connectivity index (χ3n) is 5.24. The van der Waals surface area contributed by atoms with Crippen molar-refractivity contribution in [3.05, 3.63) is 0 Å². The molecule has 0 bridgehead atoms. The number of carbonyl (C=O) groups is 3. The van der Waals surface area contributed by atoms with Crippen molar-refractivity contribution >= 4 is 17.9 Å². The van der Waals surface area contributed by atoms with Crippen LogP contribution < -0.4 is 0 Å². The summed E-state index contributed by atoms with van der Waals surface area (Å²) in [6, 6.07) is 0. The second-order valence-electron chi connectivity index (χ2n) is 7.76. The molecule has 0 heterocycles. The molecule has 0 aliphatic rings. The molecule has 3 N–H and O–H groups in total. The number of rotatable bonds is 15. The van der Waals surface area contributed by atoms with E-state index in [4.69, 9.17) is 15.3 Å². The van der Waals surface area contributed by atoms with Crippen molar-refractivity contribution in [1.82, 2.24) is 0 Å². The Hall–Kier alpha value is -0.213. The topological polar surface area (TPSA) is 112 Å². The Kier molecular flexibility index (Phi) is 34.2. The Labute approximate surface area is 224 Å². The van der Waals surface area contributed by atoms with E-state index >= 15 is 0 Å². The van der Waals surface area contributed by atoms with E-state index in [2.05, 4.69) is 20.8 Å². The van der Waals surface area contributed by atoms with Gasteiger partial charge in [0.25, 0.3) is 0 Å². The standard InChI is InChI=1S/3C8H16O2.Ce/c3*1-3-5-6-7(4-2)8(9)10;/h3*7H,3-6H2,1-2H3,(H,9,10);. The summed E-state index contributed by atoms with van der Waals surface area (Å²) >= 11 is 0. The average molecular weight is 573 g/mol. The minimum absolute atomic E-state index is 0. The Morgan fingerprint density at radius 3 is 0.806 bits per heavy atom. The van der Waals surface area contributed by atoms with Gasteiger partial charge in [0.2, 0.25) is 0 Å². The fourth-order valence-corrected chi connectivity index (χ4v) is 2.86. The van der Waals surface area contributed by atoms with Crippen LogP contribution in [-0.2, 0) is 14.4 Å². The number of hydrogen-bond donors (Lipinski definition) is 3. The maximum Gasteiger partial charge on any atom is 0.306 e. The van der Waals surface area contributed by atoms with Crippen molar-refractivity contribution in [3.8, 4) is 0 Å². The van der Waals surface area contributed by atoms with E-state index in [1.165, 1.54) is 0 Å². The summed E-state index contributed by atoms with van der Waals surface area (Å²) in [7, 11) is 0. The van der Waals surface area contributed by atoms with Crippen LogP contribution in [0.4, 0.5) is 0 Å². The van der Waals surface area contributed by atoms with Gasteiger partial charge in [0.1, 0.15) is 0 Å². The molecule has 0 aromatic rings. The summed E-state index contributed by atoms with van der Waals surface area (Å²) in [6.45, 7) is 12.0. The maximum atomic E-state index is 10.4. The molecule has 7 heteroatoms. The fourth-order valence-electron chi connectivity index (χ4n) is 2.86. The van der Waals surface area contributed by atoms with E-state index in [0.717, 1.165) is 77.0 Å². The molecule has 0 radical (unpaired) electrons.